The molecule has 14 heavy (non-hydrogen) atoms. The Morgan fingerprint density at radius 3 is 2.21 bits per heavy atom. The minimum absolute atomic E-state index is 0.521. The van der Waals surface area contributed by atoms with Crippen LogP contribution in [0.4, 0.5) is 5.69 Å². The van der Waals surface area contributed by atoms with Gasteiger partial charge in [-0.05, 0) is 12.1 Å². The summed E-state index contributed by atoms with van der Waals surface area (Å²) in [5.41, 5.74) is 0.521. The zero-order chi connectivity index (χ0) is 10.6. The molecule has 1 aromatic rings. The molecule has 0 aliphatic rings. The molecule has 0 saturated carbocycles. The Bertz CT molecular complexity index is 299. The van der Waals surface area contributed by atoms with Gasteiger partial charge in [-0.2, -0.15) is 0 Å². The van der Waals surface area contributed by atoms with Gasteiger partial charge in [-0.25, -0.2) is 4.79 Å². The van der Waals surface area contributed by atoms with E-state index < -0.39 is 18.3 Å². The van der Waals surface area contributed by atoms with Gasteiger partial charge >= 0.3 is 5.97 Å². The largest absolute Gasteiger partial charge is 0.480 e. The average Bonchev–Trinajstić information content (AvgIpc) is 2.15. The molecule has 0 bridgehead atoms. The Labute approximate surface area is 80.6 Å². The van der Waals surface area contributed by atoms with Crippen molar-refractivity contribution in [3.05, 3.63) is 30.3 Å². The van der Waals surface area contributed by atoms with Crippen LogP contribution in [0.25, 0.3) is 0 Å². The number of para-hydroxylation sites is 1. The minimum Gasteiger partial charge on any atom is -0.480 e. The van der Waals surface area contributed by atoms with Crippen LogP contribution in [-0.2, 0) is 4.79 Å². The van der Waals surface area contributed by atoms with Gasteiger partial charge in [-0.15, -0.1) is 0 Å². The molecule has 0 unspecified atom stereocenters. The van der Waals surface area contributed by atoms with Crippen LogP contribution in [0.5, 0.6) is 0 Å². The topological polar surface area (TPSA) is 89.8 Å². The van der Waals surface area contributed by atoms with Crippen molar-refractivity contribution in [1.29, 1.82) is 0 Å². The van der Waals surface area contributed by atoms with E-state index in [1.807, 2.05) is 0 Å². The maximum Gasteiger partial charge on any atom is 0.331 e. The van der Waals surface area contributed by atoms with E-state index in [4.69, 9.17) is 15.3 Å². The van der Waals surface area contributed by atoms with Crippen molar-refractivity contribution < 1.29 is 20.1 Å². The van der Waals surface area contributed by atoms with Crippen LogP contribution < -0.4 is 5.32 Å². The molecule has 0 heterocycles. The molecule has 0 saturated heterocycles. The number of benzene rings is 1. The second-order valence-electron chi connectivity index (χ2n) is 2.74. The van der Waals surface area contributed by atoms with Crippen LogP contribution in [0.1, 0.15) is 0 Å². The highest BCUT2D eigenvalue weighted by Gasteiger charge is 2.24. The summed E-state index contributed by atoms with van der Waals surface area (Å²) in [6.07, 6.45) is -1.94. The van der Waals surface area contributed by atoms with Crippen LogP contribution in [0, 0.1) is 0 Å². The lowest BCUT2D eigenvalue weighted by atomic mass is 10.2. The molecule has 1 atom stereocenters. The Kier molecular flexibility index (Phi) is 3.44. The third-order valence-corrected chi connectivity index (χ3v) is 1.66. The van der Waals surface area contributed by atoms with Gasteiger partial charge in [0.2, 0.25) is 0 Å². The summed E-state index contributed by atoms with van der Waals surface area (Å²) in [5, 5.41) is 28.6. The van der Waals surface area contributed by atoms with E-state index in [1.54, 1.807) is 30.3 Å². The highest BCUT2D eigenvalue weighted by molar-refractivity contribution is 5.77. The Balaban J connectivity index is 2.70. The van der Waals surface area contributed by atoms with Gasteiger partial charge in [0.1, 0.15) is 0 Å². The zero-order valence-electron chi connectivity index (χ0n) is 7.29. The van der Waals surface area contributed by atoms with Crippen molar-refractivity contribution in [3.63, 3.8) is 0 Å². The van der Waals surface area contributed by atoms with Gasteiger partial charge in [-0.1, -0.05) is 18.2 Å². The van der Waals surface area contributed by atoms with E-state index in [-0.39, 0.29) is 0 Å². The fourth-order valence-electron chi connectivity index (χ4n) is 0.978. The first kappa shape index (κ1) is 10.5. The van der Waals surface area contributed by atoms with Crippen LogP contribution in [0.2, 0.25) is 0 Å². The molecular formula is C9H11NO4. The minimum atomic E-state index is -1.94. The van der Waals surface area contributed by atoms with Crippen LogP contribution in [0.15, 0.2) is 30.3 Å². The molecule has 1 rings (SSSR count). The summed E-state index contributed by atoms with van der Waals surface area (Å²) >= 11 is 0. The third-order valence-electron chi connectivity index (χ3n) is 1.66. The fraction of sp³-hybridized carbons (Fsp3) is 0.222. The number of carboxylic acid groups (broad SMARTS) is 1. The van der Waals surface area contributed by atoms with Crippen molar-refractivity contribution in [2.24, 2.45) is 0 Å². The number of carbonyl (C=O) groups is 1. The summed E-state index contributed by atoms with van der Waals surface area (Å²) in [7, 11) is 0. The molecule has 0 aliphatic heterocycles. The van der Waals surface area contributed by atoms with Crippen LogP contribution >= 0.6 is 0 Å². The predicted octanol–water partition coefficient (Wildman–Crippen LogP) is -0.138. The smallest absolute Gasteiger partial charge is 0.331 e. The molecule has 5 heteroatoms. The normalized spacial score (nSPS) is 12.5. The average molecular weight is 197 g/mol. The number of aliphatic hydroxyl groups is 2. The van der Waals surface area contributed by atoms with E-state index in [1.165, 1.54) is 0 Å². The van der Waals surface area contributed by atoms with E-state index in [0.29, 0.717) is 5.69 Å². The molecule has 0 fully saturated rings. The number of hydrogen-bond donors (Lipinski definition) is 4. The SMILES string of the molecule is O=C(O)[C@@H](Nc1ccccc1)C(O)O. The van der Waals surface area contributed by atoms with Crippen LogP contribution in [-0.4, -0.2) is 33.6 Å². The number of carboxylic acids is 1. The molecule has 0 aromatic heterocycles. The summed E-state index contributed by atoms with van der Waals surface area (Å²) < 4.78 is 0. The van der Waals surface area contributed by atoms with Gasteiger partial charge in [0.25, 0.3) is 0 Å². The lowest BCUT2D eigenvalue weighted by Gasteiger charge is -2.16. The summed E-state index contributed by atoms with van der Waals surface area (Å²) in [6, 6.07) is 7.06. The first-order chi connectivity index (χ1) is 6.61. The van der Waals surface area contributed by atoms with E-state index in [9.17, 15) is 4.79 Å². The lowest BCUT2D eigenvalue weighted by Crippen LogP contribution is -2.40. The van der Waals surface area contributed by atoms with Crippen molar-refractivity contribution in [1.82, 2.24) is 0 Å². The van der Waals surface area contributed by atoms with Gasteiger partial charge in [0.15, 0.2) is 12.3 Å². The maximum absolute atomic E-state index is 10.6. The molecule has 1 aromatic carbocycles. The number of anilines is 1. The Morgan fingerprint density at radius 1 is 1.21 bits per heavy atom. The fourth-order valence-corrected chi connectivity index (χ4v) is 0.978. The second-order valence-corrected chi connectivity index (χ2v) is 2.74. The summed E-state index contributed by atoms with van der Waals surface area (Å²) in [5.74, 6) is -1.32. The molecule has 0 aliphatic carbocycles. The molecule has 0 radical (unpaired) electrons. The number of nitrogens with one attached hydrogen (secondary N) is 1. The van der Waals surface area contributed by atoms with E-state index >= 15 is 0 Å². The zero-order valence-corrected chi connectivity index (χ0v) is 7.29. The third kappa shape index (κ3) is 2.72. The van der Waals surface area contributed by atoms with Gasteiger partial charge in [0.05, 0.1) is 0 Å². The maximum atomic E-state index is 10.6. The van der Waals surface area contributed by atoms with Crippen molar-refractivity contribution in [2.45, 2.75) is 12.3 Å². The first-order valence-electron chi connectivity index (χ1n) is 4.02. The summed E-state index contributed by atoms with van der Waals surface area (Å²) in [6.45, 7) is 0. The Morgan fingerprint density at radius 2 is 1.79 bits per heavy atom. The molecule has 5 nitrogen and oxygen atoms in total. The number of hydrogen-bond acceptors (Lipinski definition) is 4. The second kappa shape index (κ2) is 4.59. The van der Waals surface area contributed by atoms with Crippen molar-refractivity contribution >= 4 is 11.7 Å². The lowest BCUT2D eigenvalue weighted by molar-refractivity contribution is -0.147. The standard InChI is InChI=1S/C9H11NO4/c11-8(12)7(9(13)14)10-6-4-2-1-3-5-6/h1-5,7-8,10-12H,(H,13,14)/t7-/m0/s1. The van der Waals surface area contributed by atoms with E-state index in [2.05, 4.69) is 5.32 Å². The molecular weight excluding hydrogens is 186 g/mol. The van der Waals surface area contributed by atoms with Crippen molar-refractivity contribution in [2.75, 3.05) is 5.32 Å². The number of aliphatic carboxylic acids is 1. The van der Waals surface area contributed by atoms with Crippen LogP contribution in [0.3, 0.4) is 0 Å². The monoisotopic (exact) mass is 197 g/mol. The molecule has 0 amide bonds. The quantitative estimate of drug-likeness (QED) is 0.504. The van der Waals surface area contributed by atoms with Gasteiger partial charge < -0.3 is 20.6 Å². The number of rotatable bonds is 4. The first-order valence-corrected chi connectivity index (χ1v) is 4.02. The van der Waals surface area contributed by atoms with Gasteiger partial charge in [-0.3, -0.25) is 0 Å². The molecule has 4 N–H and O–H groups in total. The molecule has 0 spiro atoms. The summed E-state index contributed by atoms with van der Waals surface area (Å²) in [4.78, 5) is 10.6. The number of aliphatic hydroxyl groups excluding tert-OH is 1. The van der Waals surface area contributed by atoms with E-state index in [0.717, 1.165) is 0 Å². The molecule has 76 valence electrons. The predicted molar refractivity (Wildman–Crippen MR) is 49.7 cm³/mol. The van der Waals surface area contributed by atoms with Crippen molar-refractivity contribution in [3.8, 4) is 0 Å². The highest BCUT2D eigenvalue weighted by atomic mass is 16.5. The van der Waals surface area contributed by atoms with Gasteiger partial charge in [0, 0.05) is 5.69 Å². The Hall–Kier alpha value is -1.59. The highest BCUT2D eigenvalue weighted by Crippen LogP contribution is 2.08.